The molecule has 0 unspecified atom stereocenters. The number of aromatic nitrogens is 5. The van der Waals surface area contributed by atoms with Gasteiger partial charge in [-0.15, -0.1) is 10.2 Å². The van der Waals surface area contributed by atoms with E-state index in [1.165, 1.54) is 17.2 Å². The van der Waals surface area contributed by atoms with Crippen LogP contribution in [0.4, 0.5) is 0 Å². The summed E-state index contributed by atoms with van der Waals surface area (Å²) in [4.78, 5) is 29.6. The molecule has 0 bridgehead atoms. The van der Waals surface area contributed by atoms with Crippen molar-refractivity contribution < 1.29 is 0 Å². The Balaban J connectivity index is 1.73. The SMILES string of the molecule is Cn1c(=O)c2nc(-c3ccccc3)nnc2n(CCCc2ccccc2)c1=O. The molecule has 0 saturated carbocycles. The molecule has 0 amide bonds. The molecule has 0 aliphatic heterocycles. The Hall–Kier alpha value is -3.61. The molecule has 0 aliphatic carbocycles. The fourth-order valence-corrected chi connectivity index (χ4v) is 3.16. The topological polar surface area (TPSA) is 82.7 Å². The third-order valence-corrected chi connectivity index (χ3v) is 4.67. The Bertz CT molecular complexity index is 1230. The fourth-order valence-electron chi connectivity index (χ4n) is 3.16. The fraction of sp³-hybridized carbons (Fsp3) is 0.190. The van der Waals surface area contributed by atoms with Crippen molar-refractivity contribution in [1.29, 1.82) is 0 Å². The number of aryl methyl sites for hydroxylation is 2. The summed E-state index contributed by atoms with van der Waals surface area (Å²) in [7, 11) is 1.46. The summed E-state index contributed by atoms with van der Waals surface area (Å²) in [6.45, 7) is 0.430. The van der Waals surface area contributed by atoms with Gasteiger partial charge in [0.05, 0.1) is 0 Å². The lowest BCUT2D eigenvalue weighted by Gasteiger charge is -2.11. The molecule has 2 aromatic carbocycles. The van der Waals surface area contributed by atoms with Gasteiger partial charge in [-0.25, -0.2) is 9.78 Å². The van der Waals surface area contributed by atoms with Gasteiger partial charge in [0.15, 0.2) is 17.0 Å². The van der Waals surface area contributed by atoms with Crippen LogP contribution in [0.15, 0.2) is 70.3 Å². The smallest absolute Gasteiger partial charge is 0.275 e. The Morgan fingerprint density at radius 1 is 0.893 bits per heavy atom. The number of rotatable bonds is 5. The van der Waals surface area contributed by atoms with Gasteiger partial charge in [0.2, 0.25) is 0 Å². The van der Waals surface area contributed by atoms with E-state index in [2.05, 4.69) is 27.3 Å². The standard InChI is InChI=1S/C21H19N5O2/c1-25-20(27)17-19(24-23-18(22-17)16-12-6-3-7-13-16)26(21(25)28)14-8-11-15-9-4-2-5-10-15/h2-7,9-10,12-13H,8,11,14H2,1H3. The van der Waals surface area contributed by atoms with E-state index in [1.54, 1.807) is 0 Å². The molecule has 7 heteroatoms. The number of hydrogen-bond acceptors (Lipinski definition) is 5. The van der Waals surface area contributed by atoms with Crippen LogP contribution in [0.1, 0.15) is 12.0 Å². The lowest BCUT2D eigenvalue weighted by atomic mass is 10.1. The average molecular weight is 373 g/mol. The zero-order valence-electron chi connectivity index (χ0n) is 15.4. The van der Waals surface area contributed by atoms with Crippen LogP contribution in [0.3, 0.4) is 0 Å². The Morgan fingerprint density at radius 2 is 1.57 bits per heavy atom. The van der Waals surface area contributed by atoms with Gasteiger partial charge in [0.25, 0.3) is 5.56 Å². The molecule has 0 aliphatic rings. The maximum absolute atomic E-state index is 12.6. The van der Waals surface area contributed by atoms with E-state index in [0.29, 0.717) is 12.4 Å². The Kier molecular flexibility index (Phi) is 4.80. The first kappa shape index (κ1) is 17.8. The summed E-state index contributed by atoms with van der Waals surface area (Å²) in [5.74, 6) is 0.361. The maximum atomic E-state index is 12.6. The van der Waals surface area contributed by atoms with E-state index in [-0.39, 0.29) is 11.2 Å². The van der Waals surface area contributed by atoms with E-state index in [4.69, 9.17) is 0 Å². The Labute approximate surface area is 160 Å². The highest BCUT2D eigenvalue weighted by Crippen LogP contribution is 2.14. The van der Waals surface area contributed by atoms with Crippen molar-refractivity contribution in [1.82, 2.24) is 24.3 Å². The minimum Gasteiger partial charge on any atom is -0.275 e. The van der Waals surface area contributed by atoms with Crippen molar-refractivity contribution in [2.24, 2.45) is 7.05 Å². The van der Waals surface area contributed by atoms with Gasteiger partial charge in [-0.1, -0.05) is 60.7 Å². The van der Waals surface area contributed by atoms with Crippen LogP contribution in [0.2, 0.25) is 0 Å². The summed E-state index contributed by atoms with van der Waals surface area (Å²) in [6.07, 6.45) is 1.56. The maximum Gasteiger partial charge on any atom is 0.332 e. The van der Waals surface area contributed by atoms with Gasteiger partial charge < -0.3 is 0 Å². The molecule has 0 radical (unpaired) electrons. The highest BCUT2D eigenvalue weighted by atomic mass is 16.2. The molecular formula is C21H19N5O2. The Morgan fingerprint density at radius 3 is 2.29 bits per heavy atom. The number of nitrogens with zero attached hydrogens (tertiary/aromatic N) is 5. The van der Waals surface area contributed by atoms with E-state index in [0.717, 1.165) is 23.0 Å². The predicted octanol–water partition coefficient (Wildman–Crippen LogP) is 2.18. The van der Waals surface area contributed by atoms with Crippen LogP contribution >= 0.6 is 0 Å². The molecule has 4 rings (SSSR count). The quantitative estimate of drug-likeness (QED) is 0.535. The van der Waals surface area contributed by atoms with Crippen LogP contribution < -0.4 is 11.2 Å². The zero-order chi connectivity index (χ0) is 19.5. The van der Waals surface area contributed by atoms with Crippen LogP contribution in [0, 0.1) is 0 Å². The van der Waals surface area contributed by atoms with E-state index < -0.39 is 11.2 Å². The molecule has 0 N–H and O–H groups in total. The second-order valence-corrected chi connectivity index (χ2v) is 6.56. The summed E-state index contributed by atoms with van der Waals surface area (Å²) < 4.78 is 2.56. The number of fused-ring (bicyclic) bond motifs is 1. The summed E-state index contributed by atoms with van der Waals surface area (Å²) in [5.41, 5.74) is 1.46. The van der Waals surface area contributed by atoms with Gasteiger partial charge >= 0.3 is 5.69 Å². The molecule has 0 spiro atoms. The molecule has 2 aromatic heterocycles. The average Bonchev–Trinajstić information content (AvgIpc) is 2.75. The van der Waals surface area contributed by atoms with Crippen molar-refractivity contribution in [3.05, 3.63) is 87.1 Å². The highest BCUT2D eigenvalue weighted by Gasteiger charge is 2.15. The molecule has 0 fully saturated rings. The van der Waals surface area contributed by atoms with Gasteiger partial charge in [-0.05, 0) is 18.4 Å². The second-order valence-electron chi connectivity index (χ2n) is 6.56. The zero-order valence-corrected chi connectivity index (χ0v) is 15.4. The molecule has 4 aromatic rings. The molecule has 2 heterocycles. The van der Waals surface area contributed by atoms with E-state index >= 15 is 0 Å². The largest absolute Gasteiger partial charge is 0.332 e. The van der Waals surface area contributed by atoms with Crippen molar-refractivity contribution in [2.45, 2.75) is 19.4 Å². The molecule has 0 atom stereocenters. The third-order valence-electron chi connectivity index (χ3n) is 4.67. The molecule has 28 heavy (non-hydrogen) atoms. The minimum atomic E-state index is -0.466. The van der Waals surface area contributed by atoms with E-state index in [9.17, 15) is 9.59 Å². The van der Waals surface area contributed by atoms with Gasteiger partial charge in [0, 0.05) is 19.2 Å². The number of benzene rings is 2. The summed E-state index contributed by atoms with van der Waals surface area (Å²) in [6, 6.07) is 19.4. The monoisotopic (exact) mass is 373 g/mol. The normalized spacial score (nSPS) is 11.0. The van der Waals surface area contributed by atoms with Crippen molar-refractivity contribution in [3.8, 4) is 11.4 Å². The summed E-state index contributed by atoms with van der Waals surface area (Å²) in [5, 5.41) is 8.33. The molecule has 0 saturated heterocycles. The first-order valence-corrected chi connectivity index (χ1v) is 9.09. The van der Waals surface area contributed by atoms with Crippen molar-refractivity contribution in [3.63, 3.8) is 0 Å². The molecule has 140 valence electrons. The lowest BCUT2D eigenvalue weighted by molar-refractivity contribution is 0.585. The highest BCUT2D eigenvalue weighted by molar-refractivity contribution is 5.71. The molecule has 7 nitrogen and oxygen atoms in total. The van der Waals surface area contributed by atoms with Gasteiger partial charge in [0.1, 0.15) is 0 Å². The predicted molar refractivity (Wildman–Crippen MR) is 107 cm³/mol. The van der Waals surface area contributed by atoms with Crippen LogP contribution in [0.5, 0.6) is 0 Å². The van der Waals surface area contributed by atoms with Gasteiger partial charge in [-0.3, -0.25) is 13.9 Å². The first-order valence-electron chi connectivity index (χ1n) is 9.09. The van der Waals surface area contributed by atoms with E-state index in [1.807, 2.05) is 48.5 Å². The minimum absolute atomic E-state index is 0.149. The van der Waals surface area contributed by atoms with Crippen LogP contribution in [0.25, 0.3) is 22.6 Å². The van der Waals surface area contributed by atoms with Crippen LogP contribution in [-0.2, 0) is 20.0 Å². The third kappa shape index (κ3) is 3.34. The summed E-state index contributed by atoms with van der Waals surface area (Å²) >= 11 is 0. The first-order chi connectivity index (χ1) is 13.6. The number of hydrogen-bond donors (Lipinski definition) is 0. The van der Waals surface area contributed by atoms with Crippen molar-refractivity contribution >= 4 is 11.2 Å². The molecular weight excluding hydrogens is 354 g/mol. The van der Waals surface area contributed by atoms with Crippen LogP contribution in [-0.4, -0.2) is 24.3 Å². The lowest BCUT2D eigenvalue weighted by Crippen LogP contribution is -2.39. The second kappa shape index (κ2) is 7.56. The van der Waals surface area contributed by atoms with Crippen molar-refractivity contribution in [2.75, 3.05) is 0 Å². The van der Waals surface area contributed by atoms with Gasteiger partial charge in [-0.2, -0.15) is 0 Å².